The molecule has 1 aliphatic heterocycles. The van der Waals surface area contributed by atoms with E-state index in [0.717, 1.165) is 13.3 Å². The van der Waals surface area contributed by atoms with Crippen LogP contribution in [-0.2, 0) is 4.74 Å². The molecule has 1 saturated heterocycles. The van der Waals surface area contributed by atoms with Gasteiger partial charge in [-0.25, -0.2) is 13.6 Å². The van der Waals surface area contributed by atoms with Gasteiger partial charge >= 0.3 is 5.69 Å². The van der Waals surface area contributed by atoms with Crippen LogP contribution in [0, 0.1) is 0 Å². The minimum atomic E-state index is -3.23. The molecule has 9 heteroatoms. The summed E-state index contributed by atoms with van der Waals surface area (Å²) in [5.41, 5.74) is 4.35. The molecule has 2 heterocycles. The highest BCUT2D eigenvalue weighted by Gasteiger charge is 2.51. The summed E-state index contributed by atoms with van der Waals surface area (Å²) in [6, 6.07) is 1.23. The third-order valence-corrected chi connectivity index (χ3v) is 2.49. The van der Waals surface area contributed by atoms with E-state index in [1.54, 1.807) is 0 Å². The van der Waals surface area contributed by atoms with Crippen molar-refractivity contribution in [3.63, 3.8) is 0 Å². The van der Waals surface area contributed by atoms with Crippen LogP contribution in [0.4, 0.5) is 14.6 Å². The zero-order valence-electron chi connectivity index (χ0n) is 10.2. The van der Waals surface area contributed by atoms with E-state index in [2.05, 4.69) is 4.98 Å². The molecule has 0 amide bonds. The lowest BCUT2D eigenvalue weighted by molar-refractivity contribution is -0.120. The fourth-order valence-corrected chi connectivity index (χ4v) is 1.72. The van der Waals surface area contributed by atoms with Crippen LogP contribution >= 0.6 is 0 Å². The fourth-order valence-electron chi connectivity index (χ4n) is 1.72. The molecule has 1 aromatic heterocycles. The fraction of sp³-hybridized carbons (Fsp3) is 0.600. The van der Waals surface area contributed by atoms with Crippen LogP contribution in [0.1, 0.15) is 12.6 Å². The summed E-state index contributed by atoms with van der Waals surface area (Å²) in [7, 11) is 1.00. The number of aliphatic hydroxyl groups is 2. The quantitative estimate of drug-likeness (QED) is 0.663. The Kier molecular flexibility index (Phi) is 4.92. The maximum absolute atomic E-state index is 13.6. The number of nitrogens with two attached hydrogens (primary N) is 1. The van der Waals surface area contributed by atoms with Gasteiger partial charge in [0.2, 0.25) is 6.23 Å². The molecule has 0 bridgehead atoms. The molecular formula is C10H15F2N3O4. The lowest BCUT2D eigenvalue weighted by atomic mass is 10.2. The second-order valence-corrected chi connectivity index (χ2v) is 3.80. The predicted molar refractivity (Wildman–Crippen MR) is 61.6 cm³/mol. The molecule has 0 aliphatic carbocycles. The van der Waals surface area contributed by atoms with Gasteiger partial charge in [-0.3, -0.25) is 4.57 Å². The van der Waals surface area contributed by atoms with Crippen LogP contribution < -0.4 is 11.4 Å². The van der Waals surface area contributed by atoms with Crippen LogP contribution in [0.5, 0.6) is 0 Å². The van der Waals surface area contributed by atoms with E-state index < -0.39 is 37.0 Å². The highest BCUT2D eigenvalue weighted by atomic mass is 19.3. The van der Waals surface area contributed by atoms with Crippen LogP contribution in [0.25, 0.3) is 0 Å². The SMILES string of the molecule is CO.Nc1ccn(C2OC(CO)CC2(F)F)c(=O)n1. The Labute approximate surface area is 107 Å². The molecule has 1 aromatic rings. The minimum absolute atomic E-state index is 0.0497. The van der Waals surface area contributed by atoms with E-state index in [-0.39, 0.29) is 5.82 Å². The highest BCUT2D eigenvalue weighted by molar-refractivity contribution is 5.23. The van der Waals surface area contributed by atoms with Crippen molar-refractivity contribution in [1.82, 2.24) is 9.55 Å². The highest BCUT2D eigenvalue weighted by Crippen LogP contribution is 2.41. The molecule has 2 rings (SSSR count). The molecule has 108 valence electrons. The van der Waals surface area contributed by atoms with Crippen LogP contribution in [-0.4, -0.2) is 45.5 Å². The Morgan fingerprint density at radius 3 is 2.74 bits per heavy atom. The predicted octanol–water partition coefficient (Wildman–Crippen LogP) is -0.651. The number of halogens is 2. The maximum Gasteiger partial charge on any atom is 0.351 e. The number of rotatable bonds is 2. The summed E-state index contributed by atoms with van der Waals surface area (Å²) in [5, 5.41) is 15.8. The van der Waals surface area contributed by atoms with Gasteiger partial charge in [0.15, 0.2) is 0 Å². The molecule has 7 nitrogen and oxygen atoms in total. The summed E-state index contributed by atoms with van der Waals surface area (Å²) in [5.74, 6) is -3.28. The largest absolute Gasteiger partial charge is 0.400 e. The first-order valence-corrected chi connectivity index (χ1v) is 5.37. The third kappa shape index (κ3) is 3.25. The zero-order valence-corrected chi connectivity index (χ0v) is 10.2. The van der Waals surface area contributed by atoms with Gasteiger partial charge in [-0.2, -0.15) is 4.98 Å². The zero-order chi connectivity index (χ0) is 14.6. The summed E-state index contributed by atoms with van der Waals surface area (Å²) >= 11 is 0. The van der Waals surface area contributed by atoms with Crippen LogP contribution in [0.2, 0.25) is 0 Å². The summed E-state index contributed by atoms with van der Waals surface area (Å²) in [4.78, 5) is 14.7. The summed E-state index contributed by atoms with van der Waals surface area (Å²) < 4.78 is 32.7. The van der Waals surface area contributed by atoms with Gasteiger partial charge in [-0.1, -0.05) is 0 Å². The second kappa shape index (κ2) is 6.04. The first-order chi connectivity index (χ1) is 8.94. The molecule has 19 heavy (non-hydrogen) atoms. The molecular weight excluding hydrogens is 264 g/mol. The molecule has 1 fully saturated rings. The van der Waals surface area contributed by atoms with E-state index in [4.69, 9.17) is 20.7 Å². The van der Waals surface area contributed by atoms with Crippen molar-refractivity contribution >= 4 is 5.82 Å². The Balaban J connectivity index is 0.000000861. The Bertz CT molecular complexity index is 480. The minimum Gasteiger partial charge on any atom is -0.400 e. The molecule has 4 N–H and O–H groups in total. The summed E-state index contributed by atoms with van der Waals surface area (Å²) in [6.45, 7) is -0.525. The summed E-state index contributed by atoms with van der Waals surface area (Å²) in [6.07, 6.45) is -2.27. The number of hydrogen-bond donors (Lipinski definition) is 3. The van der Waals surface area contributed by atoms with Crippen molar-refractivity contribution in [1.29, 1.82) is 0 Å². The van der Waals surface area contributed by atoms with Crippen molar-refractivity contribution in [2.45, 2.75) is 24.7 Å². The number of nitrogen functional groups attached to an aromatic ring is 1. The third-order valence-electron chi connectivity index (χ3n) is 2.49. The van der Waals surface area contributed by atoms with Crippen molar-refractivity contribution in [2.24, 2.45) is 0 Å². The van der Waals surface area contributed by atoms with Crippen molar-refractivity contribution in [2.75, 3.05) is 19.5 Å². The Hall–Kier alpha value is -1.58. The molecule has 0 spiro atoms. The van der Waals surface area contributed by atoms with Gasteiger partial charge in [-0.05, 0) is 6.07 Å². The van der Waals surface area contributed by atoms with E-state index in [1.807, 2.05) is 0 Å². The Morgan fingerprint density at radius 2 is 2.26 bits per heavy atom. The average molecular weight is 279 g/mol. The first kappa shape index (κ1) is 15.5. The van der Waals surface area contributed by atoms with Crippen LogP contribution in [0.15, 0.2) is 17.1 Å². The topological polar surface area (TPSA) is 111 Å². The van der Waals surface area contributed by atoms with Crippen LogP contribution in [0.3, 0.4) is 0 Å². The van der Waals surface area contributed by atoms with Gasteiger partial charge in [0, 0.05) is 19.7 Å². The normalized spacial score (nSPS) is 24.7. The van der Waals surface area contributed by atoms with E-state index >= 15 is 0 Å². The lowest BCUT2D eigenvalue weighted by Gasteiger charge is -2.19. The van der Waals surface area contributed by atoms with Gasteiger partial charge in [0.25, 0.3) is 5.92 Å². The standard InChI is InChI=1S/C9H11F2N3O3.CH4O/c10-9(11)3-5(4-15)17-7(9)14-2-1-6(12)13-8(14)16;1-2/h1-2,5,7,15H,3-4H2,(H2,12,13,16);2H,1H3. The monoisotopic (exact) mass is 279 g/mol. The first-order valence-electron chi connectivity index (χ1n) is 5.37. The van der Waals surface area contributed by atoms with E-state index in [9.17, 15) is 13.6 Å². The Morgan fingerprint density at radius 1 is 1.63 bits per heavy atom. The molecule has 0 radical (unpaired) electrons. The van der Waals surface area contributed by atoms with E-state index in [1.165, 1.54) is 6.07 Å². The van der Waals surface area contributed by atoms with Crippen molar-refractivity contribution in [3.8, 4) is 0 Å². The van der Waals surface area contributed by atoms with Gasteiger partial charge in [0.05, 0.1) is 12.7 Å². The maximum atomic E-state index is 13.6. The number of ether oxygens (including phenoxy) is 1. The second-order valence-electron chi connectivity index (χ2n) is 3.80. The number of nitrogens with zero attached hydrogens (tertiary/aromatic N) is 2. The van der Waals surface area contributed by atoms with Crippen molar-refractivity contribution < 1.29 is 23.7 Å². The molecule has 2 unspecified atom stereocenters. The van der Waals surface area contributed by atoms with Gasteiger partial charge in [-0.15, -0.1) is 0 Å². The molecule has 1 aliphatic rings. The number of anilines is 1. The number of aromatic nitrogens is 2. The van der Waals surface area contributed by atoms with Gasteiger partial charge < -0.3 is 20.7 Å². The van der Waals surface area contributed by atoms with E-state index in [0.29, 0.717) is 4.57 Å². The van der Waals surface area contributed by atoms with Gasteiger partial charge in [0.1, 0.15) is 5.82 Å². The molecule has 0 aromatic carbocycles. The number of alkyl halides is 2. The lowest BCUT2D eigenvalue weighted by Crippen LogP contribution is -2.35. The molecule has 2 atom stereocenters. The number of hydrogen-bond acceptors (Lipinski definition) is 6. The smallest absolute Gasteiger partial charge is 0.351 e. The number of aliphatic hydroxyl groups excluding tert-OH is 2. The average Bonchev–Trinajstić information content (AvgIpc) is 2.67. The molecule has 0 saturated carbocycles. The van der Waals surface area contributed by atoms with Crippen molar-refractivity contribution in [3.05, 3.63) is 22.7 Å².